The Morgan fingerprint density at radius 1 is 1.18 bits per heavy atom. The second-order valence-corrected chi connectivity index (χ2v) is 6.53. The maximum absolute atomic E-state index is 11.8. The molecule has 2 rings (SSSR count). The van der Waals surface area contributed by atoms with Crippen molar-refractivity contribution in [2.45, 2.75) is 4.90 Å². The van der Waals surface area contributed by atoms with Crippen LogP contribution < -0.4 is 12.4 Å². The minimum Gasteiger partial charge on any atom is -1.00 e. The molecule has 0 aromatic heterocycles. The molecular weight excluding hydrogens is 260 g/mol. The van der Waals surface area contributed by atoms with Gasteiger partial charge in [0.15, 0.2) is 0 Å². The average Bonchev–Trinajstić information content (AvgIpc) is 2.37. The zero-order chi connectivity index (χ0) is 12.0. The summed E-state index contributed by atoms with van der Waals surface area (Å²) in [5.41, 5.74) is 1.40. The molecule has 4 nitrogen and oxygen atoms in total. The summed E-state index contributed by atoms with van der Waals surface area (Å²) in [7, 11) is 2.58. The highest BCUT2D eigenvalue weighted by molar-refractivity contribution is 7.90. The fraction of sp³-hybridized carbons (Fsp3) is 0.364. The van der Waals surface area contributed by atoms with Crippen LogP contribution in [-0.2, 0) is 10.0 Å². The first-order valence-electron chi connectivity index (χ1n) is 5.03. The number of hydrogen-bond acceptors (Lipinski definition) is 2. The highest BCUT2D eigenvalue weighted by atomic mass is 35.5. The molecule has 0 spiro atoms. The van der Waals surface area contributed by atoms with Crippen LogP contribution in [0.15, 0.2) is 33.6 Å². The van der Waals surface area contributed by atoms with E-state index in [2.05, 4.69) is 4.40 Å². The number of benzene rings is 1. The lowest BCUT2D eigenvalue weighted by Crippen LogP contribution is -3.00. The van der Waals surface area contributed by atoms with Crippen LogP contribution in [0.2, 0.25) is 0 Å². The van der Waals surface area contributed by atoms with E-state index in [1.807, 2.05) is 33.3 Å². The smallest absolute Gasteiger partial charge is 0.283 e. The van der Waals surface area contributed by atoms with E-state index in [1.165, 1.54) is 0 Å². The molecule has 1 aromatic rings. The fourth-order valence-corrected chi connectivity index (χ4v) is 3.00. The molecule has 0 atom stereocenters. The maximum Gasteiger partial charge on any atom is 0.283 e. The molecule has 17 heavy (non-hydrogen) atoms. The molecule has 1 aromatic carbocycles. The van der Waals surface area contributed by atoms with Gasteiger partial charge in [-0.3, -0.25) is 0 Å². The van der Waals surface area contributed by atoms with Crippen LogP contribution in [0, 0.1) is 0 Å². The molecule has 0 saturated carbocycles. The van der Waals surface area contributed by atoms with Crippen molar-refractivity contribution in [3.05, 3.63) is 29.8 Å². The third-order valence-corrected chi connectivity index (χ3v) is 3.70. The van der Waals surface area contributed by atoms with Crippen molar-refractivity contribution in [1.82, 2.24) is 0 Å². The van der Waals surface area contributed by atoms with Crippen molar-refractivity contribution in [3.8, 4) is 0 Å². The summed E-state index contributed by atoms with van der Waals surface area (Å²) >= 11 is 0. The minimum absolute atomic E-state index is 0. The summed E-state index contributed by atoms with van der Waals surface area (Å²) in [5.74, 6) is 0. The lowest BCUT2D eigenvalue weighted by molar-refractivity contribution is -0.860. The Balaban J connectivity index is 0.00000144. The van der Waals surface area contributed by atoms with Gasteiger partial charge in [0.25, 0.3) is 10.0 Å². The second-order valence-electron chi connectivity index (χ2n) is 4.96. The number of fused-ring (bicyclic) bond motifs is 1. The second kappa shape index (κ2) is 4.40. The number of hydrogen-bond donors (Lipinski definition) is 0. The van der Waals surface area contributed by atoms with E-state index < -0.39 is 10.0 Å². The van der Waals surface area contributed by atoms with Gasteiger partial charge in [-0.25, -0.2) is 0 Å². The van der Waals surface area contributed by atoms with E-state index in [1.54, 1.807) is 12.1 Å². The molecular formula is C11H15ClN2O2S. The summed E-state index contributed by atoms with van der Waals surface area (Å²) in [6, 6.07) is 6.98. The molecule has 0 unspecified atom stereocenters. The highest BCUT2D eigenvalue weighted by Gasteiger charge is 2.30. The van der Waals surface area contributed by atoms with Crippen LogP contribution in [0.4, 0.5) is 0 Å². The summed E-state index contributed by atoms with van der Waals surface area (Å²) in [5, 5.41) is 0. The Hall–Kier alpha value is -0.910. The van der Waals surface area contributed by atoms with Crippen molar-refractivity contribution in [1.29, 1.82) is 0 Å². The molecule has 0 N–H and O–H groups in total. The van der Waals surface area contributed by atoms with Crippen molar-refractivity contribution >= 4 is 15.7 Å². The molecule has 0 fully saturated rings. The zero-order valence-corrected chi connectivity index (χ0v) is 11.6. The predicted octanol–water partition coefficient (Wildman–Crippen LogP) is -2.11. The molecule has 94 valence electrons. The van der Waals surface area contributed by atoms with Gasteiger partial charge in [-0.15, -0.1) is 0 Å². The monoisotopic (exact) mass is 274 g/mol. The Bertz CT molecular complexity index is 559. The molecule has 0 bridgehead atoms. The number of rotatable bonds is 2. The van der Waals surface area contributed by atoms with Crippen molar-refractivity contribution in [2.75, 3.05) is 27.7 Å². The van der Waals surface area contributed by atoms with E-state index in [0.717, 1.165) is 5.56 Å². The quantitative estimate of drug-likeness (QED) is 0.580. The fourth-order valence-electron chi connectivity index (χ4n) is 1.74. The van der Waals surface area contributed by atoms with E-state index in [0.29, 0.717) is 21.6 Å². The van der Waals surface area contributed by atoms with Crippen LogP contribution in [0.3, 0.4) is 0 Å². The molecule has 1 aliphatic heterocycles. The van der Waals surface area contributed by atoms with Gasteiger partial charge < -0.3 is 16.9 Å². The van der Waals surface area contributed by atoms with E-state index in [9.17, 15) is 8.42 Å². The summed E-state index contributed by atoms with van der Waals surface area (Å²) < 4.78 is 28.0. The van der Waals surface area contributed by atoms with Gasteiger partial charge in [-0.1, -0.05) is 18.2 Å². The normalized spacial score (nSPS) is 17.0. The standard InChI is InChI=1S/C11H15N2O2S.ClH/c1-13(2,3)8-10-9-6-4-5-7-11(9)16(14,15)12-10;/h4-7H,8H2,1-3H3;1H/q+1;/p-1. The van der Waals surface area contributed by atoms with Gasteiger partial charge in [0, 0.05) is 5.56 Å². The maximum atomic E-state index is 11.8. The van der Waals surface area contributed by atoms with Gasteiger partial charge >= 0.3 is 0 Å². The summed E-state index contributed by atoms with van der Waals surface area (Å²) in [6.07, 6.45) is 0. The first-order valence-corrected chi connectivity index (χ1v) is 6.47. The number of halogens is 1. The number of likely N-dealkylation sites (N-methyl/N-ethyl adjacent to an activating group) is 1. The van der Waals surface area contributed by atoms with Gasteiger partial charge in [-0.05, 0) is 6.07 Å². The van der Waals surface area contributed by atoms with Crippen molar-refractivity contribution in [2.24, 2.45) is 4.40 Å². The Labute approximate surface area is 108 Å². The van der Waals surface area contributed by atoms with Gasteiger partial charge in [0.05, 0.1) is 26.0 Å². The van der Waals surface area contributed by atoms with E-state index in [4.69, 9.17) is 0 Å². The highest BCUT2D eigenvalue weighted by Crippen LogP contribution is 2.26. The Morgan fingerprint density at radius 2 is 1.76 bits per heavy atom. The summed E-state index contributed by atoms with van der Waals surface area (Å²) in [4.78, 5) is 0.332. The predicted molar refractivity (Wildman–Crippen MR) is 63.1 cm³/mol. The number of nitrogens with zero attached hydrogens (tertiary/aromatic N) is 2. The number of quaternary nitrogens is 1. The van der Waals surface area contributed by atoms with Crippen LogP contribution >= 0.6 is 0 Å². The molecule has 1 aliphatic rings. The average molecular weight is 275 g/mol. The number of sulfonamides is 1. The van der Waals surface area contributed by atoms with E-state index in [-0.39, 0.29) is 12.4 Å². The molecule has 0 amide bonds. The first-order chi connectivity index (χ1) is 7.30. The molecule has 0 aliphatic carbocycles. The van der Waals surface area contributed by atoms with E-state index >= 15 is 0 Å². The SMILES string of the molecule is C[N+](C)(C)CC1=NS(=O)(=O)c2ccccc21.[Cl-]. The van der Waals surface area contributed by atoms with Crippen LogP contribution in [0.25, 0.3) is 0 Å². The zero-order valence-electron chi connectivity index (χ0n) is 10.0. The topological polar surface area (TPSA) is 46.5 Å². The van der Waals surface area contributed by atoms with Crippen LogP contribution in [0.1, 0.15) is 5.56 Å². The van der Waals surface area contributed by atoms with Crippen LogP contribution in [0.5, 0.6) is 0 Å². The first kappa shape index (κ1) is 14.2. The third kappa shape index (κ3) is 2.86. The largest absolute Gasteiger partial charge is 1.00 e. The van der Waals surface area contributed by atoms with Crippen LogP contribution in [-0.4, -0.2) is 46.3 Å². The van der Waals surface area contributed by atoms with Crippen molar-refractivity contribution < 1.29 is 25.3 Å². The molecule has 6 heteroatoms. The molecule has 1 heterocycles. The molecule has 0 saturated heterocycles. The Kier molecular flexibility index (Phi) is 3.66. The van der Waals surface area contributed by atoms with Gasteiger partial charge in [0.1, 0.15) is 12.3 Å². The lowest BCUT2D eigenvalue weighted by Gasteiger charge is -2.23. The summed E-state index contributed by atoms with van der Waals surface area (Å²) in [6.45, 7) is 0.607. The van der Waals surface area contributed by atoms with Crippen molar-refractivity contribution in [3.63, 3.8) is 0 Å². The van der Waals surface area contributed by atoms with Gasteiger partial charge in [0.2, 0.25) is 0 Å². The Morgan fingerprint density at radius 3 is 2.35 bits per heavy atom. The van der Waals surface area contributed by atoms with Gasteiger partial charge in [-0.2, -0.15) is 12.8 Å². The minimum atomic E-state index is -3.45. The third-order valence-electron chi connectivity index (χ3n) is 2.33. The molecule has 0 radical (unpaired) electrons. The lowest BCUT2D eigenvalue weighted by atomic mass is 10.1.